The summed E-state index contributed by atoms with van der Waals surface area (Å²) in [5.74, 6) is -0.878. The highest BCUT2D eigenvalue weighted by Crippen LogP contribution is 2.18. The molecule has 1 heterocycles. The van der Waals surface area contributed by atoms with Gasteiger partial charge in [-0.05, 0) is 37.3 Å². The van der Waals surface area contributed by atoms with Gasteiger partial charge in [0.05, 0.1) is 5.69 Å². The molecule has 1 aromatic carbocycles. The second-order valence-corrected chi connectivity index (χ2v) is 4.61. The van der Waals surface area contributed by atoms with Crippen LogP contribution in [-0.2, 0) is 0 Å². The van der Waals surface area contributed by atoms with Crippen LogP contribution >= 0.6 is 12.2 Å². The SMILES string of the molecule is Cc1cccc(C(=O)Nc2ccc(F)cc2C(N)=S)n1. The number of nitrogens with one attached hydrogen (secondary N) is 1. The molecular weight excluding hydrogens is 277 g/mol. The number of halogens is 1. The number of carbonyl (C=O) groups is 1. The Balaban J connectivity index is 2.30. The Kier molecular flexibility index (Phi) is 4.05. The highest BCUT2D eigenvalue weighted by molar-refractivity contribution is 7.80. The van der Waals surface area contributed by atoms with E-state index in [2.05, 4.69) is 10.3 Å². The van der Waals surface area contributed by atoms with Crippen LogP contribution in [0.2, 0.25) is 0 Å². The van der Waals surface area contributed by atoms with Gasteiger partial charge < -0.3 is 11.1 Å². The first-order chi connectivity index (χ1) is 9.47. The third kappa shape index (κ3) is 3.16. The number of benzene rings is 1. The highest BCUT2D eigenvalue weighted by Gasteiger charge is 2.12. The predicted octanol–water partition coefficient (Wildman–Crippen LogP) is 2.42. The van der Waals surface area contributed by atoms with Gasteiger partial charge in [-0.3, -0.25) is 4.79 Å². The number of nitrogens with zero attached hydrogens (tertiary/aromatic N) is 1. The fraction of sp³-hybridized carbons (Fsp3) is 0.0714. The normalized spacial score (nSPS) is 10.1. The maximum Gasteiger partial charge on any atom is 0.274 e. The molecule has 0 spiro atoms. The smallest absolute Gasteiger partial charge is 0.274 e. The molecule has 0 radical (unpaired) electrons. The van der Waals surface area contributed by atoms with Crippen molar-refractivity contribution in [1.29, 1.82) is 0 Å². The molecule has 0 saturated heterocycles. The molecule has 2 rings (SSSR count). The van der Waals surface area contributed by atoms with Crippen LogP contribution < -0.4 is 11.1 Å². The number of anilines is 1. The summed E-state index contributed by atoms with van der Waals surface area (Å²) < 4.78 is 13.2. The van der Waals surface area contributed by atoms with E-state index in [0.29, 0.717) is 5.69 Å². The number of aryl methyl sites for hydroxylation is 1. The van der Waals surface area contributed by atoms with Crippen LogP contribution in [0.1, 0.15) is 21.7 Å². The van der Waals surface area contributed by atoms with E-state index in [-0.39, 0.29) is 16.2 Å². The average Bonchev–Trinajstić information content (AvgIpc) is 2.40. The molecule has 0 unspecified atom stereocenters. The summed E-state index contributed by atoms with van der Waals surface area (Å²) in [6.45, 7) is 1.79. The van der Waals surface area contributed by atoms with Gasteiger partial charge in [-0.1, -0.05) is 18.3 Å². The van der Waals surface area contributed by atoms with E-state index in [1.54, 1.807) is 25.1 Å². The van der Waals surface area contributed by atoms with E-state index in [1.165, 1.54) is 18.2 Å². The second-order valence-electron chi connectivity index (χ2n) is 4.17. The monoisotopic (exact) mass is 289 g/mol. The molecule has 0 saturated carbocycles. The molecule has 0 atom stereocenters. The van der Waals surface area contributed by atoms with E-state index < -0.39 is 11.7 Å². The average molecular weight is 289 g/mol. The minimum atomic E-state index is -0.473. The Bertz CT molecular complexity index is 688. The third-order valence-corrected chi connectivity index (χ3v) is 2.84. The van der Waals surface area contributed by atoms with Crippen LogP contribution in [0.5, 0.6) is 0 Å². The predicted molar refractivity (Wildman–Crippen MR) is 79.2 cm³/mol. The van der Waals surface area contributed by atoms with Gasteiger partial charge in [0, 0.05) is 11.3 Å². The molecule has 0 aliphatic rings. The molecule has 1 amide bonds. The minimum Gasteiger partial charge on any atom is -0.389 e. The highest BCUT2D eigenvalue weighted by atomic mass is 32.1. The number of nitrogens with two attached hydrogens (primary N) is 1. The number of rotatable bonds is 3. The van der Waals surface area contributed by atoms with Gasteiger partial charge in [0.15, 0.2) is 0 Å². The number of carbonyl (C=O) groups excluding carboxylic acids is 1. The van der Waals surface area contributed by atoms with Gasteiger partial charge in [-0.25, -0.2) is 9.37 Å². The molecule has 4 nitrogen and oxygen atoms in total. The van der Waals surface area contributed by atoms with Crippen LogP contribution in [-0.4, -0.2) is 15.9 Å². The zero-order chi connectivity index (χ0) is 14.7. The lowest BCUT2D eigenvalue weighted by molar-refractivity contribution is 0.102. The van der Waals surface area contributed by atoms with Gasteiger partial charge in [0.1, 0.15) is 16.5 Å². The molecule has 0 aliphatic carbocycles. The molecule has 102 valence electrons. The number of aromatic nitrogens is 1. The first kappa shape index (κ1) is 14.1. The maximum atomic E-state index is 13.2. The number of amides is 1. The van der Waals surface area contributed by atoms with E-state index in [9.17, 15) is 9.18 Å². The van der Waals surface area contributed by atoms with E-state index >= 15 is 0 Å². The van der Waals surface area contributed by atoms with Crippen LogP contribution in [0, 0.1) is 12.7 Å². The number of thiocarbonyl (C=S) groups is 1. The van der Waals surface area contributed by atoms with Crippen molar-refractivity contribution in [1.82, 2.24) is 4.98 Å². The van der Waals surface area contributed by atoms with Gasteiger partial charge in [0.25, 0.3) is 5.91 Å². The summed E-state index contributed by atoms with van der Waals surface area (Å²) in [7, 11) is 0. The van der Waals surface area contributed by atoms with Crippen molar-refractivity contribution in [2.24, 2.45) is 5.73 Å². The maximum absolute atomic E-state index is 13.2. The van der Waals surface area contributed by atoms with Crippen molar-refractivity contribution < 1.29 is 9.18 Å². The summed E-state index contributed by atoms with van der Waals surface area (Å²) in [4.78, 5) is 16.2. The van der Waals surface area contributed by atoms with Gasteiger partial charge >= 0.3 is 0 Å². The van der Waals surface area contributed by atoms with Crippen molar-refractivity contribution in [2.45, 2.75) is 6.92 Å². The number of hydrogen-bond donors (Lipinski definition) is 2. The van der Waals surface area contributed by atoms with E-state index in [4.69, 9.17) is 18.0 Å². The van der Waals surface area contributed by atoms with Gasteiger partial charge in [-0.2, -0.15) is 0 Å². The van der Waals surface area contributed by atoms with Crippen molar-refractivity contribution >= 4 is 28.8 Å². The molecule has 20 heavy (non-hydrogen) atoms. The molecule has 1 aromatic heterocycles. The van der Waals surface area contributed by atoms with Crippen molar-refractivity contribution in [3.05, 3.63) is 59.2 Å². The topological polar surface area (TPSA) is 68.0 Å². The van der Waals surface area contributed by atoms with Crippen LogP contribution in [0.15, 0.2) is 36.4 Å². The van der Waals surface area contributed by atoms with Crippen LogP contribution in [0.4, 0.5) is 10.1 Å². The van der Waals surface area contributed by atoms with E-state index in [1.807, 2.05) is 0 Å². The number of hydrogen-bond acceptors (Lipinski definition) is 3. The Morgan fingerprint density at radius 3 is 2.75 bits per heavy atom. The molecule has 6 heteroatoms. The first-order valence-electron chi connectivity index (χ1n) is 5.82. The summed E-state index contributed by atoms with van der Waals surface area (Å²) in [5.41, 5.74) is 7.15. The Morgan fingerprint density at radius 1 is 1.35 bits per heavy atom. The minimum absolute atomic E-state index is 0.0111. The molecule has 0 bridgehead atoms. The van der Waals surface area contributed by atoms with Gasteiger partial charge in [-0.15, -0.1) is 0 Å². The van der Waals surface area contributed by atoms with Crippen molar-refractivity contribution in [3.8, 4) is 0 Å². The lowest BCUT2D eigenvalue weighted by atomic mass is 10.1. The Morgan fingerprint density at radius 2 is 2.10 bits per heavy atom. The third-order valence-electron chi connectivity index (χ3n) is 2.62. The fourth-order valence-electron chi connectivity index (χ4n) is 1.69. The lowest BCUT2D eigenvalue weighted by Crippen LogP contribution is -2.18. The summed E-state index contributed by atoms with van der Waals surface area (Å²) >= 11 is 4.84. The molecular formula is C14H12FN3OS. The number of pyridine rings is 1. The summed E-state index contributed by atoms with van der Waals surface area (Å²) in [6.07, 6.45) is 0. The summed E-state index contributed by atoms with van der Waals surface area (Å²) in [5, 5.41) is 2.63. The standard InChI is InChI=1S/C14H12FN3OS/c1-8-3-2-4-12(17-8)14(19)18-11-6-5-9(15)7-10(11)13(16)20/h2-7H,1H3,(H2,16,20)(H,18,19). The Hall–Kier alpha value is -2.34. The largest absolute Gasteiger partial charge is 0.389 e. The quantitative estimate of drug-likeness (QED) is 0.852. The first-order valence-corrected chi connectivity index (χ1v) is 6.22. The Labute approximate surface area is 120 Å². The molecule has 0 aliphatic heterocycles. The van der Waals surface area contributed by atoms with Gasteiger partial charge in [0.2, 0.25) is 0 Å². The molecule has 2 aromatic rings. The van der Waals surface area contributed by atoms with Crippen LogP contribution in [0.3, 0.4) is 0 Å². The van der Waals surface area contributed by atoms with Crippen molar-refractivity contribution in [2.75, 3.05) is 5.32 Å². The van der Waals surface area contributed by atoms with Crippen LogP contribution in [0.25, 0.3) is 0 Å². The summed E-state index contributed by atoms with van der Waals surface area (Å²) in [6, 6.07) is 8.93. The van der Waals surface area contributed by atoms with E-state index in [0.717, 1.165) is 5.69 Å². The van der Waals surface area contributed by atoms with Crippen molar-refractivity contribution in [3.63, 3.8) is 0 Å². The second kappa shape index (κ2) is 5.75. The molecule has 3 N–H and O–H groups in total. The fourth-order valence-corrected chi connectivity index (χ4v) is 1.85. The zero-order valence-electron chi connectivity index (χ0n) is 10.7. The lowest BCUT2D eigenvalue weighted by Gasteiger charge is -2.10. The molecule has 0 fully saturated rings. The zero-order valence-corrected chi connectivity index (χ0v) is 11.5.